The number of imide groups is 1. The van der Waals surface area contributed by atoms with Crippen molar-refractivity contribution in [3.8, 4) is 0 Å². The van der Waals surface area contributed by atoms with Crippen LogP contribution in [-0.4, -0.2) is 16.7 Å². The number of nitrogens with one attached hydrogen (secondary N) is 1. The third-order valence-corrected chi connectivity index (χ3v) is 5.19. The van der Waals surface area contributed by atoms with E-state index in [1.54, 1.807) is 12.1 Å². The van der Waals surface area contributed by atoms with E-state index in [4.69, 9.17) is 0 Å². The van der Waals surface area contributed by atoms with Crippen LogP contribution in [0.2, 0.25) is 0 Å². The quantitative estimate of drug-likeness (QED) is 0.506. The summed E-state index contributed by atoms with van der Waals surface area (Å²) in [5, 5.41) is 14.9. The molecule has 2 aromatic rings. The second-order valence-corrected chi connectivity index (χ2v) is 6.87. The predicted molar refractivity (Wildman–Crippen MR) is 101 cm³/mol. The maximum absolute atomic E-state index is 11.9. The molecule has 1 aliphatic heterocycles. The van der Waals surface area contributed by atoms with Crippen LogP contribution in [0.25, 0.3) is 0 Å². The number of anilines is 2. The van der Waals surface area contributed by atoms with Crippen molar-refractivity contribution in [2.24, 2.45) is 0 Å². The Kier molecular flexibility index (Phi) is 4.35. The van der Waals surface area contributed by atoms with Gasteiger partial charge in [-0.1, -0.05) is 24.3 Å². The molecule has 138 valence electrons. The fraction of sp³-hybridized carbons (Fsp3) is 0.300. The molecule has 1 unspecified atom stereocenters. The molecule has 4 rings (SSSR count). The average molecular weight is 365 g/mol. The van der Waals surface area contributed by atoms with Gasteiger partial charge in [-0.3, -0.25) is 24.6 Å². The summed E-state index contributed by atoms with van der Waals surface area (Å²) in [6.45, 7) is 0. The number of aryl methyl sites for hydroxylation is 1. The van der Waals surface area contributed by atoms with Crippen LogP contribution in [0.4, 0.5) is 17.1 Å². The van der Waals surface area contributed by atoms with Gasteiger partial charge in [-0.05, 0) is 42.5 Å². The first-order valence-corrected chi connectivity index (χ1v) is 9.03. The summed E-state index contributed by atoms with van der Waals surface area (Å²) in [6, 6.07) is 12.6. The van der Waals surface area contributed by atoms with Gasteiger partial charge in [0.2, 0.25) is 11.8 Å². The second kappa shape index (κ2) is 6.83. The minimum atomic E-state index is -0.481. The molecule has 2 aromatic carbocycles. The van der Waals surface area contributed by atoms with Crippen molar-refractivity contribution in [3.05, 3.63) is 63.7 Å². The van der Waals surface area contributed by atoms with E-state index in [1.165, 1.54) is 11.6 Å². The van der Waals surface area contributed by atoms with Gasteiger partial charge in [0.1, 0.15) is 5.69 Å². The minimum Gasteiger partial charge on any atom is -0.373 e. The van der Waals surface area contributed by atoms with Gasteiger partial charge in [-0.25, -0.2) is 0 Å². The molecular weight excluding hydrogens is 346 g/mol. The number of fused-ring (bicyclic) bond motifs is 1. The second-order valence-electron chi connectivity index (χ2n) is 6.87. The lowest BCUT2D eigenvalue weighted by Crippen LogP contribution is -2.28. The highest BCUT2D eigenvalue weighted by molar-refractivity contribution is 6.20. The number of nitro benzene ring substituents is 1. The Morgan fingerprint density at radius 1 is 1.04 bits per heavy atom. The molecule has 1 fully saturated rings. The van der Waals surface area contributed by atoms with Crippen LogP contribution in [-0.2, 0) is 16.0 Å². The topological polar surface area (TPSA) is 92.6 Å². The summed E-state index contributed by atoms with van der Waals surface area (Å²) in [5.74, 6) is -0.646. The van der Waals surface area contributed by atoms with Crippen LogP contribution in [0.3, 0.4) is 0 Å². The van der Waals surface area contributed by atoms with Crippen LogP contribution in [0.5, 0.6) is 0 Å². The monoisotopic (exact) mass is 365 g/mol. The zero-order chi connectivity index (χ0) is 19.0. The van der Waals surface area contributed by atoms with Crippen LogP contribution in [0.15, 0.2) is 42.5 Å². The summed E-state index contributed by atoms with van der Waals surface area (Å²) in [6.07, 6.45) is 3.20. The van der Waals surface area contributed by atoms with Crippen molar-refractivity contribution in [2.45, 2.75) is 38.1 Å². The molecule has 0 saturated carbocycles. The number of rotatable bonds is 4. The summed E-state index contributed by atoms with van der Waals surface area (Å²) in [7, 11) is 0. The highest BCUT2D eigenvalue weighted by Gasteiger charge is 2.32. The number of hydrogen-bond acceptors (Lipinski definition) is 5. The van der Waals surface area contributed by atoms with Gasteiger partial charge in [0, 0.05) is 18.9 Å². The van der Waals surface area contributed by atoms with Crippen molar-refractivity contribution >= 4 is 28.9 Å². The SMILES string of the molecule is O=C1CCC(=O)N1c1ccc(NC2CCCc3ccccc32)c([N+](=O)[O-])c1. The highest BCUT2D eigenvalue weighted by atomic mass is 16.6. The first-order chi connectivity index (χ1) is 13.0. The van der Waals surface area contributed by atoms with Crippen LogP contribution >= 0.6 is 0 Å². The molecule has 0 aromatic heterocycles. The number of carbonyl (C=O) groups is 2. The fourth-order valence-corrected chi connectivity index (χ4v) is 3.89. The lowest BCUT2D eigenvalue weighted by Gasteiger charge is -2.27. The molecular formula is C20H19N3O4. The summed E-state index contributed by atoms with van der Waals surface area (Å²) in [5.41, 5.74) is 2.93. The van der Waals surface area contributed by atoms with Crippen LogP contribution in [0, 0.1) is 10.1 Å². The third-order valence-electron chi connectivity index (χ3n) is 5.19. The third kappa shape index (κ3) is 3.16. The average Bonchev–Trinajstić information content (AvgIpc) is 3.01. The van der Waals surface area contributed by atoms with Crippen LogP contribution in [0.1, 0.15) is 42.9 Å². The summed E-state index contributed by atoms with van der Waals surface area (Å²) < 4.78 is 0. The van der Waals surface area contributed by atoms with E-state index in [0.29, 0.717) is 5.69 Å². The van der Waals surface area contributed by atoms with Gasteiger partial charge < -0.3 is 5.32 Å². The molecule has 1 saturated heterocycles. The highest BCUT2D eigenvalue weighted by Crippen LogP contribution is 2.37. The molecule has 0 radical (unpaired) electrons. The normalized spacial score (nSPS) is 19.1. The smallest absolute Gasteiger partial charge is 0.294 e. The molecule has 2 amide bonds. The number of benzene rings is 2. The van der Waals surface area contributed by atoms with Gasteiger partial charge in [0.25, 0.3) is 5.69 Å². The lowest BCUT2D eigenvalue weighted by molar-refractivity contribution is -0.383. The molecule has 1 N–H and O–H groups in total. The van der Waals surface area contributed by atoms with E-state index in [-0.39, 0.29) is 42.1 Å². The van der Waals surface area contributed by atoms with Crippen molar-refractivity contribution in [3.63, 3.8) is 0 Å². The molecule has 27 heavy (non-hydrogen) atoms. The number of nitrogens with zero attached hydrogens (tertiary/aromatic N) is 2. The largest absolute Gasteiger partial charge is 0.373 e. The molecule has 1 heterocycles. The van der Waals surface area contributed by atoms with Gasteiger partial charge in [0.05, 0.1) is 16.7 Å². The number of carbonyl (C=O) groups excluding carboxylic acids is 2. The summed E-state index contributed by atoms with van der Waals surface area (Å²) >= 11 is 0. The van der Waals surface area contributed by atoms with E-state index in [2.05, 4.69) is 11.4 Å². The Balaban J connectivity index is 1.67. The molecule has 2 aliphatic rings. The predicted octanol–water partition coefficient (Wildman–Crippen LogP) is 3.74. The molecule has 1 aliphatic carbocycles. The number of nitro groups is 1. The Morgan fingerprint density at radius 3 is 2.52 bits per heavy atom. The Bertz CT molecular complexity index is 925. The van der Waals surface area contributed by atoms with Gasteiger partial charge in [0.15, 0.2) is 0 Å². The maximum atomic E-state index is 11.9. The van der Waals surface area contributed by atoms with Gasteiger partial charge in [-0.2, -0.15) is 0 Å². The first kappa shape index (κ1) is 17.2. The van der Waals surface area contributed by atoms with E-state index in [9.17, 15) is 19.7 Å². The Morgan fingerprint density at radius 2 is 1.78 bits per heavy atom. The van der Waals surface area contributed by atoms with E-state index < -0.39 is 4.92 Å². The molecule has 7 nitrogen and oxygen atoms in total. The summed E-state index contributed by atoms with van der Waals surface area (Å²) in [4.78, 5) is 36.0. The lowest BCUT2D eigenvalue weighted by atomic mass is 9.87. The molecule has 0 bridgehead atoms. The van der Waals surface area contributed by atoms with Crippen molar-refractivity contribution in [1.82, 2.24) is 0 Å². The van der Waals surface area contributed by atoms with Gasteiger partial charge in [-0.15, -0.1) is 0 Å². The fourth-order valence-electron chi connectivity index (χ4n) is 3.89. The first-order valence-electron chi connectivity index (χ1n) is 9.03. The molecule has 7 heteroatoms. The van der Waals surface area contributed by atoms with Crippen LogP contribution < -0.4 is 10.2 Å². The van der Waals surface area contributed by atoms with E-state index in [0.717, 1.165) is 29.7 Å². The van der Waals surface area contributed by atoms with E-state index in [1.807, 2.05) is 18.2 Å². The van der Waals surface area contributed by atoms with E-state index >= 15 is 0 Å². The van der Waals surface area contributed by atoms with Crippen molar-refractivity contribution in [1.29, 1.82) is 0 Å². The standard InChI is InChI=1S/C20H19N3O4/c24-19-10-11-20(25)22(19)14-8-9-17(18(12-14)23(26)27)21-16-7-3-5-13-4-1-2-6-15(13)16/h1-2,4,6,8-9,12,16,21H,3,5,7,10-11H2. The zero-order valence-electron chi connectivity index (χ0n) is 14.7. The number of hydrogen-bond donors (Lipinski definition) is 1. The Hall–Kier alpha value is -3.22. The van der Waals surface area contributed by atoms with Crippen molar-refractivity contribution < 1.29 is 14.5 Å². The molecule has 1 atom stereocenters. The maximum Gasteiger partial charge on any atom is 0.294 e. The minimum absolute atomic E-state index is 0.00505. The van der Waals surface area contributed by atoms with Crippen molar-refractivity contribution in [2.75, 3.05) is 10.2 Å². The zero-order valence-corrected chi connectivity index (χ0v) is 14.7. The van der Waals surface area contributed by atoms with Gasteiger partial charge >= 0.3 is 0 Å². The Labute approximate surface area is 156 Å². The number of amides is 2. The molecule has 0 spiro atoms.